The Morgan fingerprint density at radius 3 is 2.48 bits per heavy atom. The van der Waals surface area contributed by atoms with E-state index in [9.17, 15) is 0 Å². The molecular formula is C15H21IN4S. The van der Waals surface area contributed by atoms with Gasteiger partial charge in [0, 0.05) is 23.0 Å². The molecule has 114 valence electrons. The highest BCUT2D eigenvalue weighted by Gasteiger charge is 2.23. The minimum absolute atomic E-state index is 0.00280. The molecule has 4 nitrogen and oxygen atoms in total. The summed E-state index contributed by atoms with van der Waals surface area (Å²) >= 11 is 4.01. The largest absolute Gasteiger partial charge is 0.369 e. The average molecular weight is 416 g/mol. The highest BCUT2D eigenvalue weighted by Crippen LogP contribution is 2.29. The Hall–Kier alpha value is -0.760. The molecule has 0 unspecified atom stereocenters. The third-order valence-electron chi connectivity index (χ3n) is 2.93. The van der Waals surface area contributed by atoms with E-state index in [1.54, 1.807) is 11.3 Å². The number of rotatable bonds is 4. The lowest BCUT2D eigenvalue weighted by Gasteiger charge is -2.22. The van der Waals surface area contributed by atoms with E-state index < -0.39 is 0 Å². The summed E-state index contributed by atoms with van der Waals surface area (Å²) in [6.07, 6.45) is 0.691. The van der Waals surface area contributed by atoms with Crippen molar-refractivity contribution in [1.29, 1.82) is 0 Å². The van der Waals surface area contributed by atoms with E-state index in [-0.39, 0.29) is 5.41 Å². The summed E-state index contributed by atoms with van der Waals surface area (Å²) in [6, 6.07) is 0. The molecule has 0 radical (unpaired) electrons. The van der Waals surface area contributed by atoms with Crippen LogP contribution in [0.5, 0.6) is 0 Å². The molecule has 6 heteroatoms. The third-order valence-corrected chi connectivity index (χ3v) is 4.92. The van der Waals surface area contributed by atoms with Gasteiger partial charge in [-0.3, -0.25) is 0 Å². The summed E-state index contributed by atoms with van der Waals surface area (Å²) in [5, 5.41) is 6.48. The molecule has 2 aromatic rings. The second-order valence-corrected chi connectivity index (χ2v) is 8.01. The van der Waals surface area contributed by atoms with Gasteiger partial charge in [0.1, 0.15) is 16.6 Å². The van der Waals surface area contributed by atoms with Crippen molar-refractivity contribution in [3.63, 3.8) is 0 Å². The van der Waals surface area contributed by atoms with Crippen LogP contribution in [0.3, 0.4) is 0 Å². The van der Waals surface area contributed by atoms with Gasteiger partial charge in [0.2, 0.25) is 0 Å². The molecule has 0 aliphatic rings. The number of nitrogens with zero attached hydrogens (tertiary/aromatic N) is 3. The monoisotopic (exact) mass is 416 g/mol. The summed E-state index contributed by atoms with van der Waals surface area (Å²) in [4.78, 5) is 14.0. The number of anilines is 1. The Kier molecular flexibility index (Phi) is 5.19. The van der Waals surface area contributed by atoms with Crippen molar-refractivity contribution in [2.45, 2.75) is 46.5 Å². The van der Waals surface area contributed by atoms with Crippen LogP contribution in [0.4, 0.5) is 5.82 Å². The van der Waals surface area contributed by atoms with E-state index in [1.807, 2.05) is 6.92 Å². The maximum absolute atomic E-state index is 4.80. The number of hydrogen-bond acceptors (Lipinski definition) is 5. The zero-order valence-corrected chi connectivity index (χ0v) is 16.1. The lowest BCUT2D eigenvalue weighted by Crippen LogP contribution is -2.20. The van der Waals surface area contributed by atoms with Gasteiger partial charge < -0.3 is 5.32 Å². The predicted molar refractivity (Wildman–Crippen MR) is 97.3 cm³/mol. The fraction of sp³-hybridized carbons (Fsp3) is 0.533. The summed E-state index contributed by atoms with van der Waals surface area (Å²) in [7, 11) is 0. The van der Waals surface area contributed by atoms with Gasteiger partial charge in [0.15, 0.2) is 0 Å². The lowest BCUT2D eigenvalue weighted by molar-refractivity contribution is 0.559. The minimum atomic E-state index is -0.00280. The average Bonchev–Trinajstić information content (AvgIpc) is 2.77. The number of aromatic nitrogens is 3. The molecule has 2 aromatic heterocycles. The van der Waals surface area contributed by atoms with E-state index in [0.29, 0.717) is 6.42 Å². The van der Waals surface area contributed by atoms with Gasteiger partial charge in [0.05, 0.1) is 15.7 Å². The van der Waals surface area contributed by atoms with Crippen molar-refractivity contribution >= 4 is 39.7 Å². The van der Waals surface area contributed by atoms with Crippen LogP contribution >= 0.6 is 33.9 Å². The zero-order chi connectivity index (χ0) is 15.6. The normalized spacial score (nSPS) is 11.7. The van der Waals surface area contributed by atoms with Crippen molar-refractivity contribution < 1.29 is 0 Å². The summed E-state index contributed by atoms with van der Waals surface area (Å²) < 4.78 is 1.11. The molecule has 0 aliphatic carbocycles. The first kappa shape index (κ1) is 16.6. The van der Waals surface area contributed by atoms with E-state index in [4.69, 9.17) is 4.98 Å². The molecule has 0 aliphatic heterocycles. The molecule has 0 saturated carbocycles. The van der Waals surface area contributed by atoms with Crippen LogP contribution < -0.4 is 5.32 Å². The second-order valence-electron chi connectivity index (χ2n) is 5.99. The van der Waals surface area contributed by atoms with Gasteiger partial charge in [-0.15, -0.1) is 11.3 Å². The number of aryl methyl sites for hydroxylation is 1. The number of halogens is 1. The Morgan fingerprint density at radius 2 is 1.95 bits per heavy atom. The minimum Gasteiger partial charge on any atom is -0.369 e. The molecule has 0 atom stereocenters. The Balaban J connectivity index is 2.43. The second kappa shape index (κ2) is 6.56. The first-order chi connectivity index (χ1) is 9.81. The summed E-state index contributed by atoms with van der Waals surface area (Å²) in [5.41, 5.74) is 2.15. The van der Waals surface area contributed by atoms with Gasteiger partial charge >= 0.3 is 0 Å². The quantitative estimate of drug-likeness (QED) is 0.761. The van der Waals surface area contributed by atoms with Crippen LogP contribution in [0.15, 0.2) is 5.38 Å². The van der Waals surface area contributed by atoms with Crippen molar-refractivity contribution in [1.82, 2.24) is 15.0 Å². The van der Waals surface area contributed by atoms with Crippen LogP contribution in [-0.2, 0) is 11.8 Å². The number of hydrogen-bond donors (Lipinski definition) is 1. The van der Waals surface area contributed by atoms with Gasteiger partial charge in [-0.25, -0.2) is 15.0 Å². The van der Waals surface area contributed by atoms with Gasteiger partial charge in [-0.2, -0.15) is 0 Å². The molecule has 2 heterocycles. The topological polar surface area (TPSA) is 50.7 Å². The zero-order valence-electron chi connectivity index (χ0n) is 13.1. The van der Waals surface area contributed by atoms with Crippen LogP contribution in [0.1, 0.15) is 49.9 Å². The molecule has 0 fully saturated rings. The van der Waals surface area contributed by atoms with Gasteiger partial charge in [-0.1, -0.05) is 20.8 Å². The van der Waals surface area contributed by atoms with E-state index in [1.165, 1.54) is 0 Å². The maximum Gasteiger partial charge on any atom is 0.143 e. The Bertz CT molecular complexity index is 631. The SMILES string of the molecule is CCNc1nc(Cc2nc(C)cs2)nc(C(C)(C)C)c1I. The highest BCUT2D eigenvalue weighted by molar-refractivity contribution is 14.1. The summed E-state index contributed by atoms with van der Waals surface area (Å²) in [6.45, 7) is 11.5. The van der Waals surface area contributed by atoms with E-state index in [2.05, 4.69) is 71.0 Å². The third kappa shape index (κ3) is 4.12. The van der Waals surface area contributed by atoms with Gasteiger partial charge in [-0.05, 0) is 36.4 Å². The lowest BCUT2D eigenvalue weighted by atomic mass is 9.92. The van der Waals surface area contributed by atoms with E-state index >= 15 is 0 Å². The summed E-state index contributed by atoms with van der Waals surface area (Å²) in [5.74, 6) is 1.77. The van der Waals surface area contributed by atoms with Gasteiger partial charge in [0.25, 0.3) is 0 Å². The molecule has 1 N–H and O–H groups in total. The van der Waals surface area contributed by atoms with Crippen molar-refractivity contribution in [2.75, 3.05) is 11.9 Å². The molecule has 0 spiro atoms. The fourth-order valence-corrected chi connectivity index (χ4v) is 3.98. The van der Waals surface area contributed by atoms with Crippen molar-refractivity contribution in [2.24, 2.45) is 0 Å². The molecule has 0 aromatic carbocycles. The van der Waals surface area contributed by atoms with Crippen LogP contribution in [0.25, 0.3) is 0 Å². The van der Waals surface area contributed by atoms with Crippen LogP contribution in [0, 0.1) is 10.5 Å². The van der Waals surface area contributed by atoms with Crippen molar-refractivity contribution in [3.05, 3.63) is 31.2 Å². The Labute approximate surface area is 144 Å². The molecular weight excluding hydrogens is 395 g/mol. The number of nitrogens with one attached hydrogen (secondary N) is 1. The standard InChI is InChI=1S/C15H21IN4S/c1-6-17-14-12(16)13(15(3,4)5)19-10(20-14)7-11-18-9(2)8-21-11/h8H,6-7H2,1-5H3,(H,17,19,20). The smallest absolute Gasteiger partial charge is 0.143 e. The first-order valence-electron chi connectivity index (χ1n) is 7.03. The molecule has 0 amide bonds. The van der Waals surface area contributed by atoms with E-state index in [0.717, 1.165) is 38.2 Å². The predicted octanol–water partition coefficient (Wildman–Crippen LogP) is 4.17. The molecule has 0 saturated heterocycles. The molecule has 0 bridgehead atoms. The Morgan fingerprint density at radius 1 is 1.24 bits per heavy atom. The molecule has 21 heavy (non-hydrogen) atoms. The van der Waals surface area contributed by atoms with Crippen LogP contribution in [-0.4, -0.2) is 21.5 Å². The molecule has 2 rings (SSSR count). The van der Waals surface area contributed by atoms with Crippen LogP contribution in [0.2, 0.25) is 0 Å². The first-order valence-corrected chi connectivity index (χ1v) is 8.99. The van der Waals surface area contributed by atoms with Crippen molar-refractivity contribution in [3.8, 4) is 0 Å². The fourth-order valence-electron chi connectivity index (χ4n) is 1.97. The number of thiazole rings is 1. The highest BCUT2D eigenvalue weighted by atomic mass is 127. The maximum atomic E-state index is 4.80.